The van der Waals surface area contributed by atoms with Gasteiger partial charge in [0.1, 0.15) is 5.75 Å². The highest BCUT2D eigenvalue weighted by molar-refractivity contribution is 5.97. The Kier molecular flexibility index (Phi) is 6.03. The number of carbonyl (C=O) groups is 1. The minimum absolute atomic E-state index is 0.140. The second-order valence-electron chi connectivity index (χ2n) is 5.41. The highest BCUT2D eigenvalue weighted by atomic mass is 16.5. The van der Waals surface area contributed by atoms with E-state index in [1.165, 1.54) is 5.57 Å². The van der Waals surface area contributed by atoms with Crippen LogP contribution >= 0.6 is 0 Å². The zero-order valence-corrected chi connectivity index (χ0v) is 13.8. The summed E-state index contributed by atoms with van der Waals surface area (Å²) < 4.78 is 5.40. The van der Waals surface area contributed by atoms with E-state index in [0.29, 0.717) is 30.8 Å². The fourth-order valence-corrected chi connectivity index (χ4v) is 2.40. The van der Waals surface area contributed by atoms with Crippen LogP contribution in [0.3, 0.4) is 0 Å². The van der Waals surface area contributed by atoms with Gasteiger partial charge in [-0.3, -0.25) is 4.79 Å². The summed E-state index contributed by atoms with van der Waals surface area (Å²) >= 11 is 0. The minimum Gasteiger partial charge on any atom is -0.494 e. The Labute approximate surface area is 137 Å². The molecule has 0 saturated carbocycles. The van der Waals surface area contributed by atoms with Crippen LogP contribution in [0.2, 0.25) is 0 Å². The van der Waals surface area contributed by atoms with E-state index in [9.17, 15) is 4.79 Å². The van der Waals surface area contributed by atoms with Crippen LogP contribution in [0, 0.1) is 0 Å². The van der Waals surface area contributed by atoms with E-state index in [1.54, 1.807) is 6.08 Å². The van der Waals surface area contributed by atoms with E-state index < -0.39 is 0 Å². The number of nitrogens with one attached hydrogen (secondary N) is 1. The summed E-state index contributed by atoms with van der Waals surface area (Å²) in [5, 5.41) is 2.92. The van der Waals surface area contributed by atoms with Gasteiger partial charge in [0, 0.05) is 18.7 Å². The molecule has 0 aliphatic heterocycles. The summed E-state index contributed by atoms with van der Waals surface area (Å²) in [7, 11) is 0. The molecule has 0 aromatic heterocycles. The number of hydrogen-bond acceptors (Lipinski definition) is 3. The third-order valence-corrected chi connectivity index (χ3v) is 3.74. The van der Waals surface area contributed by atoms with Crippen molar-refractivity contribution in [1.82, 2.24) is 5.32 Å². The number of carbonyl (C=O) groups excluding carboxylic acids is 1. The average Bonchev–Trinajstić information content (AvgIpc) is 2.75. The molecule has 1 aliphatic carbocycles. The SMILES string of the molecule is CCOc1ccc(CNC(=O)C2=C(N)CC(CC)=CC=C2)cc1. The van der Waals surface area contributed by atoms with Crippen LogP contribution in [-0.4, -0.2) is 12.5 Å². The highest BCUT2D eigenvalue weighted by Gasteiger charge is 2.13. The maximum absolute atomic E-state index is 12.4. The summed E-state index contributed by atoms with van der Waals surface area (Å²) in [4.78, 5) is 12.4. The molecular weight excluding hydrogens is 288 g/mol. The largest absolute Gasteiger partial charge is 0.494 e. The summed E-state index contributed by atoms with van der Waals surface area (Å²) in [5.41, 5.74) is 9.50. The average molecular weight is 312 g/mol. The topological polar surface area (TPSA) is 64.3 Å². The standard InChI is InChI=1S/C19H24N2O2/c1-3-14-6-5-7-17(18(20)12-14)19(22)21-13-15-8-10-16(11-9-15)23-4-2/h5-11H,3-4,12-13,20H2,1-2H3,(H,21,22). The summed E-state index contributed by atoms with van der Waals surface area (Å²) in [6.45, 7) is 5.14. The number of ether oxygens (including phenoxy) is 1. The van der Waals surface area contributed by atoms with Gasteiger partial charge >= 0.3 is 0 Å². The number of nitrogens with two attached hydrogens (primary N) is 1. The highest BCUT2D eigenvalue weighted by Crippen LogP contribution is 2.19. The molecule has 0 heterocycles. The van der Waals surface area contributed by atoms with Crippen molar-refractivity contribution in [2.24, 2.45) is 5.73 Å². The third-order valence-electron chi connectivity index (χ3n) is 3.74. The van der Waals surface area contributed by atoms with Gasteiger partial charge in [-0.25, -0.2) is 0 Å². The Morgan fingerprint density at radius 3 is 2.65 bits per heavy atom. The lowest BCUT2D eigenvalue weighted by atomic mass is 10.1. The molecule has 4 nitrogen and oxygen atoms in total. The van der Waals surface area contributed by atoms with Crippen LogP contribution in [0.15, 0.2) is 59.3 Å². The number of rotatable bonds is 6. The molecule has 0 spiro atoms. The number of benzene rings is 1. The summed E-state index contributed by atoms with van der Waals surface area (Å²) in [6.07, 6.45) is 7.29. The lowest BCUT2D eigenvalue weighted by molar-refractivity contribution is -0.117. The normalized spacial score (nSPS) is 14.3. The van der Waals surface area contributed by atoms with Crippen LogP contribution in [0.25, 0.3) is 0 Å². The molecule has 0 fully saturated rings. The van der Waals surface area contributed by atoms with Crippen molar-refractivity contribution in [2.75, 3.05) is 6.61 Å². The molecule has 1 amide bonds. The smallest absolute Gasteiger partial charge is 0.253 e. The first-order valence-electron chi connectivity index (χ1n) is 7.98. The predicted molar refractivity (Wildman–Crippen MR) is 92.8 cm³/mol. The first-order valence-corrected chi connectivity index (χ1v) is 7.98. The van der Waals surface area contributed by atoms with Crippen LogP contribution in [0.5, 0.6) is 5.75 Å². The van der Waals surface area contributed by atoms with E-state index in [1.807, 2.05) is 43.3 Å². The monoisotopic (exact) mass is 312 g/mol. The Morgan fingerprint density at radius 2 is 2.00 bits per heavy atom. The number of allylic oxidation sites excluding steroid dienone is 3. The van der Waals surface area contributed by atoms with Crippen molar-refractivity contribution in [1.29, 1.82) is 0 Å². The van der Waals surface area contributed by atoms with Gasteiger partial charge in [-0.15, -0.1) is 0 Å². The maximum atomic E-state index is 12.4. The molecule has 1 aromatic rings. The molecule has 1 aromatic carbocycles. The molecule has 2 rings (SSSR count). The van der Waals surface area contributed by atoms with E-state index in [4.69, 9.17) is 10.5 Å². The van der Waals surface area contributed by atoms with Crippen LogP contribution in [0.4, 0.5) is 0 Å². The third kappa shape index (κ3) is 4.74. The summed E-state index contributed by atoms with van der Waals surface area (Å²) in [6, 6.07) is 7.70. The van der Waals surface area contributed by atoms with E-state index >= 15 is 0 Å². The Hall–Kier alpha value is -2.49. The summed E-state index contributed by atoms with van der Waals surface area (Å²) in [5.74, 6) is 0.692. The fraction of sp³-hybridized carbons (Fsp3) is 0.316. The van der Waals surface area contributed by atoms with E-state index in [-0.39, 0.29) is 5.91 Å². The Morgan fingerprint density at radius 1 is 1.26 bits per heavy atom. The lowest BCUT2D eigenvalue weighted by Crippen LogP contribution is -2.26. The first-order chi connectivity index (χ1) is 11.1. The van der Waals surface area contributed by atoms with Crippen molar-refractivity contribution in [3.63, 3.8) is 0 Å². The van der Waals surface area contributed by atoms with Gasteiger partial charge in [0.25, 0.3) is 5.91 Å². The molecule has 122 valence electrons. The molecule has 0 bridgehead atoms. The number of amides is 1. The maximum Gasteiger partial charge on any atom is 0.253 e. The molecule has 23 heavy (non-hydrogen) atoms. The Balaban J connectivity index is 1.97. The van der Waals surface area contributed by atoms with Gasteiger partial charge in [-0.05, 0) is 37.1 Å². The van der Waals surface area contributed by atoms with Crippen LogP contribution in [-0.2, 0) is 11.3 Å². The van der Waals surface area contributed by atoms with Gasteiger partial charge in [0.15, 0.2) is 0 Å². The molecular formula is C19H24N2O2. The molecule has 3 N–H and O–H groups in total. The van der Waals surface area contributed by atoms with Gasteiger partial charge in [-0.1, -0.05) is 36.8 Å². The predicted octanol–water partition coefficient (Wildman–Crippen LogP) is 3.21. The molecule has 1 aliphatic rings. The van der Waals surface area contributed by atoms with Crippen molar-refractivity contribution >= 4 is 5.91 Å². The van der Waals surface area contributed by atoms with Gasteiger partial charge in [0.2, 0.25) is 0 Å². The quantitative estimate of drug-likeness (QED) is 0.848. The molecule has 4 heteroatoms. The molecule has 0 atom stereocenters. The van der Waals surface area contributed by atoms with Crippen molar-refractivity contribution in [3.05, 3.63) is 64.9 Å². The van der Waals surface area contributed by atoms with Gasteiger partial charge in [-0.2, -0.15) is 0 Å². The zero-order chi connectivity index (χ0) is 16.7. The van der Waals surface area contributed by atoms with Crippen LogP contribution < -0.4 is 15.8 Å². The molecule has 0 unspecified atom stereocenters. The zero-order valence-electron chi connectivity index (χ0n) is 13.8. The van der Waals surface area contributed by atoms with Crippen molar-refractivity contribution < 1.29 is 9.53 Å². The first kappa shape index (κ1) is 16.9. The van der Waals surface area contributed by atoms with Gasteiger partial charge in [0.05, 0.1) is 12.2 Å². The minimum atomic E-state index is -0.140. The van der Waals surface area contributed by atoms with Crippen LogP contribution in [0.1, 0.15) is 32.3 Å². The molecule has 0 radical (unpaired) electrons. The second-order valence-corrected chi connectivity index (χ2v) is 5.41. The number of hydrogen-bond donors (Lipinski definition) is 2. The molecule has 0 saturated heterocycles. The van der Waals surface area contributed by atoms with Crippen molar-refractivity contribution in [3.8, 4) is 5.75 Å². The lowest BCUT2D eigenvalue weighted by Gasteiger charge is -2.10. The van der Waals surface area contributed by atoms with E-state index in [0.717, 1.165) is 17.7 Å². The fourth-order valence-electron chi connectivity index (χ4n) is 2.40. The second kappa shape index (κ2) is 8.22. The van der Waals surface area contributed by atoms with Crippen molar-refractivity contribution in [2.45, 2.75) is 33.2 Å². The van der Waals surface area contributed by atoms with Gasteiger partial charge < -0.3 is 15.8 Å². The Bertz CT molecular complexity index is 640. The van der Waals surface area contributed by atoms with E-state index in [2.05, 4.69) is 12.2 Å².